The van der Waals surface area contributed by atoms with Crippen LogP contribution in [0.3, 0.4) is 0 Å². The lowest BCUT2D eigenvalue weighted by atomic mass is 9.98. The minimum Gasteiger partial charge on any atom is -0.394 e. The highest BCUT2D eigenvalue weighted by Crippen LogP contribution is 2.16. The summed E-state index contributed by atoms with van der Waals surface area (Å²) in [4.78, 5) is 0. The van der Waals surface area contributed by atoms with E-state index in [1.165, 1.54) is 0 Å². The summed E-state index contributed by atoms with van der Waals surface area (Å²) in [5, 5.41) is 36.3. The van der Waals surface area contributed by atoms with Crippen molar-refractivity contribution in [2.75, 3.05) is 6.61 Å². The summed E-state index contributed by atoms with van der Waals surface area (Å²) < 4.78 is 4.76. The van der Waals surface area contributed by atoms with E-state index in [-0.39, 0.29) is 0 Å². The lowest BCUT2D eigenvalue weighted by Crippen LogP contribution is -2.77. The molecule has 0 aliphatic carbocycles. The molecule has 72 valence electrons. The lowest BCUT2D eigenvalue weighted by molar-refractivity contribution is -0.497. The van der Waals surface area contributed by atoms with Crippen LogP contribution in [-0.2, 0) is 4.74 Å². The first kappa shape index (κ1) is 9.85. The zero-order chi connectivity index (χ0) is 9.30. The van der Waals surface area contributed by atoms with E-state index in [9.17, 15) is 10.2 Å². The Balaban J connectivity index is 2.63. The second kappa shape index (κ2) is 3.65. The monoisotopic (exact) mass is 180 g/mol. The molecular weight excluding hydrogens is 166 g/mol. The van der Waals surface area contributed by atoms with Crippen molar-refractivity contribution in [2.24, 2.45) is 0 Å². The fourth-order valence-electron chi connectivity index (χ4n) is 1.15. The molecule has 7 N–H and O–H groups in total. The van der Waals surface area contributed by atoms with Gasteiger partial charge in [0.25, 0.3) is 0 Å². The number of rotatable bonds is 1. The molecule has 1 heterocycles. The van der Waals surface area contributed by atoms with Crippen LogP contribution in [0.1, 0.15) is 0 Å². The van der Waals surface area contributed by atoms with Gasteiger partial charge in [0.15, 0.2) is 6.04 Å². The van der Waals surface area contributed by atoms with E-state index in [0.717, 1.165) is 0 Å². The van der Waals surface area contributed by atoms with Gasteiger partial charge in [0.1, 0.15) is 18.3 Å². The minimum atomic E-state index is -1.24. The van der Waals surface area contributed by atoms with Gasteiger partial charge in [0, 0.05) is 0 Å². The molecule has 0 amide bonds. The molecule has 6 nitrogen and oxygen atoms in total. The third-order valence-electron chi connectivity index (χ3n) is 2.03. The Kier molecular flexibility index (Phi) is 2.99. The van der Waals surface area contributed by atoms with Gasteiger partial charge in [-0.25, -0.2) is 0 Å². The number of hydrogen-bond acceptors (Lipinski definition) is 5. The van der Waals surface area contributed by atoms with Crippen LogP contribution in [0.4, 0.5) is 0 Å². The van der Waals surface area contributed by atoms with Crippen molar-refractivity contribution in [3.63, 3.8) is 0 Å². The second-order valence-corrected chi connectivity index (χ2v) is 2.89. The van der Waals surface area contributed by atoms with Gasteiger partial charge in [-0.05, 0) is 0 Å². The van der Waals surface area contributed by atoms with Gasteiger partial charge in [-0.15, -0.1) is 0 Å². The number of quaternary nitrogens is 1. The van der Waals surface area contributed by atoms with Gasteiger partial charge in [-0.2, -0.15) is 0 Å². The molecule has 6 heteroatoms. The number of aliphatic hydroxyl groups excluding tert-OH is 4. The predicted molar refractivity (Wildman–Crippen MR) is 36.7 cm³/mol. The third kappa shape index (κ3) is 1.58. The number of ether oxygens (including phenoxy) is 1. The molecule has 0 bridgehead atoms. The molecule has 3 unspecified atom stereocenters. The van der Waals surface area contributed by atoms with Crippen LogP contribution in [0.2, 0.25) is 0 Å². The van der Waals surface area contributed by atoms with Crippen LogP contribution in [0, 0.1) is 0 Å². The molecule has 1 aliphatic heterocycles. The summed E-state index contributed by atoms with van der Waals surface area (Å²) in [6.07, 6.45) is -4.53. The SMILES string of the molecule is [NH3+]C1C(O)OC(CO)[C@H](O)[C@@H]1O. The van der Waals surface area contributed by atoms with Crippen molar-refractivity contribution in [3.8, 4) is 0 Å². The molecule has 0 radical (unpaired) electrons. The fraction of sp³-hybridized carbons (Fsp3) is 1.00. The molecular formula is C6H14NO5+. The number of aliphatic hydroxyl groups is 4. The third-order valence-corrected chi connectivity index (χ3v) is 2.03. The molecule has 1 aliphatic rings. The fourth-order valence-corrected chi connectivity index (χ4v) is 1.15. The molecule has 1 rings (SSSR count). The van der Waals surface area contributed by atoms with E-state index >= 15 is 0 Å². The highest BCUT2D eigenvalue weighted by atomic mass is 16.6. The van der Waals surface area contributed by atoms with Gasteiger partial charge in [-0.3, -0.25) is 0 Å². The Hall–Kier alpha value is -0.240. The van der Waals surface area contributed by atoms with E-state index in [4.69, 9.17) is 14.9 Å². The van der Waals surface area contributed by atoms with Crippen molar-refractivity contribution in [3.05, 3.63) is 0 Å². The van der Waals surface area contributed by atoms with E-state index < -0.39 is 37.3 Å². The van der Waals surface area contributed by atoms with Gasteiger partial charge in [0.05, 0.1) is 6.61 Å². The smallest absolute Gasteiger partial charge is 0.211 e. The standard InChI is InChI=1S/C6H13NO5/c7-3-5(10)4(9)2(1-8)12-6(3)11/h2-6,8-11H,1,7H2/p+1/t2?,3?,4-,5+,6?/m0/s1. The first-order valence-corrected chi connectivity index (χ1v) is 3.71. The topological polar surface area (TPSA) is 118 Å². The van der Waals surface area contributed by atoms with Crippen LogP contribution in [0.25, 0.3) is 0 Å². The van der Waals surface area contributed by atoms with Crippen molar-refractivity contribution >= 4 is 0 Å². The highest BCUT2D eigenvalue weighted by molar-refractivity contribution is 4.87. The Morgan fingerprint density at radius 3 is 2.25 bits per heavy atom. The van der Waals surface area contributed by atoms with Crippen molar-refractivity contribution in [1.29, 1.82) is 0 Å². The highest BCUT2D eigenvalue weighted by Gasteiger charge is 2.43. The van der Waals surface area contributed by atoms with E-state index in [0.29, 0.717) is 0 Å². The number of hydrogen-bond donors (Lipinski definition) is 5. The lowest BCUT2D eigenvalue weighted by Gasteiger charge is -2.36. The van der Waals surface area contributed by atoms with Gasteiger partial charge >= 0.3 is 0 Å². The summed E-state index contributed by atoms with van der Waals surface area (Å²) >= 11 is 0. The first-order valence-electron chi connectivity index (χ1n) is 3.71. The molecule has 1 fully saturated rings. The maximum atomic E-state index is 9.25. The van der Waals surface area contributed by atoms with Crippen LogP contribution in [0.5, 0.6) is 0 Å². The second-order valence-electron chi connectivity index (χ2n) is 2.89. The normalized spacial score (nSPS) is 49.2. The zero-order valence-corrected chi connectivity index (χ0v) is 6.50. The van der Waals surface area contributed by atoms with Gasteiger partial charge in [-0.1, -0.05) is 0 Å². The van der Waals surface area contributed by atoms with Crippen molar-refractivity contribution < 1.29 is 30.9 Å². The van der Waals surface area contributed by atoms with Crippen LogP contribution in [-0.4, -0.2) is 57.7 Å². The van der Waals surface area contributed by atoms with Crippen LogP contribution < -0.4 is 5.73 Å². The molecule has 5 atom stereocenters. The van der Waals surface area contributed by atoms with Gasteiger partial charge < -0.3 is 30.9 Å². The largest absolute Gasteiger partial charge is 0.394 e. The molecule has 0 aromatic rings. The predicted octanol–water partition coefficient (Wildman–Crippen LogP) is -3.97. The van der Waals surface area contributed by atoms with Gasteiger partial charge in [0.2, 0.25) is 6.29 Å². The summed E-state index contributed by atoms with van der Waals surface area (Å²) in [5.41, 5.74) is 3.41. The Morgan fingerprint density at radius 2 is 1.75 bits per heavy atom. The first-order chi connectivity index (χ1) is 5.57. The van der Waals surface area contributed by atoms with Crippen LogP contribution in [0.15, 0.2) is 0 Å². The van der Waals surface area contributed by atoms with E-state index in [1.54, 1.807) is 0 Å². The molecule has 12 heavy (non-hydrogen) atoms. The summed E-state index contributed by atoms with van der Waals surface area (Å²) in [6, 6.07) is -0.789. The summed E-state index contributed by atoms with van der Waals surface area (Å²) in [6.45, 7) is -0.442. The Bertz CT molecular complexity index is 150. The molecule has 0 spiro atoms. The minimum absolute atomic E-state index is 0.442. The molecule has 0 aromatic carbocycles. The maximum absolute atomic E-state index is 9.25. The van der Waals surface area contributed by atoms with Crippen molar-refractivity contribution in [1.82, 2.24) is 0 Å². The molecule has 0 aromatic heterocycles. The van der Waals surface area contributed by atoms with E-state index in [1.807, 2.05) is 0 Å². The van der Waals surface area contributed by atoms with Crippen LogP contribution >= 0.6 is 0 Å². The Morgan fingerprint density at radius 1 is 1.17 bits per heavy atom. The average molecular weight is 180 g/mol. The Labute approximate surface area is 69.2 Å². The molecule has 0 saturated carbocycles. The zero-order valence-electron chi connectivity index (χ0n) is 6.50. The summed E-state index contributed by atoms with van der Waals surface area (Å²) in [7, 11) is 0. The average Bonchev–Trinajstić information content (AvgIpc) is 2.08. The summed E-state index contributed by atoms with van der Waals surface area (Å²) in [5.74, 6) is 0. The quantitative estimate of drug-likeness (QED) is 0.282. The molecule has 1 saturated heterocycles. The maximum Gasteiger partial charge on any atom is 0.211 e. The van der Waals surface area contributed by atoms with Crippen molar-refractivity contribution in [2.45, 2.75) is 30.6 Å². The van der Waals surface area contributed by atoms with E-state index in [2.05, 4.69) is 5.73 Å².